The topological polar surface area (TPSA) is 116 Å². The van der Waals surface area contributed by atoms with Gasteiger partial charge in [-0.3, -0.25) is 4.79 Å². The molecule has 104 valence electrons. The lowest BCUT2D eigenvalue weighted by Gasteiger charge is -2.32. The molecule has 1 aliphatic heterocycles. The summed E-state index contributed by atoms with van der Waals surface area (Å²) in [6, 6.07) is -0.320. The van der Waals surface area contributed by atoms with E-state index in [0.29, 0.717) is 13.1 Å². The number of amides is 2. The van der Waals surface area contributed by atoms with Crippen LogP contribution in [0.4, 0.5) is 4.79 Å². The molecular weight excluding hydrogens is 238 g/mol. The first-order valence-electron chi connectivity index (χ1n) is 6.03. The standard InChI is InChI=1S/C11H21N3O4/c1-11(18,5-9(15)16)7-13-10(17)14-4-2-3-8(12)6-14/h8,18H,2-7,12H2,1H3,(H,13,17)(H,15,16). The van der Waals surface area contributed by atoms with E-state index in [4.69, 9.17) is 10.8 Å². The average molecular weight is 259 g/mol. The van der Waals surface area contributed by atoms with Gasteiger partial charge in [0.2, 0.25) is 0 Å². The molecule has 0 aliphatic carbocycles. The van der Waals surface area contributed by atoms with Crippen LogP contribution in [0.15, 0.2) is 0 Å². The fraction of sp³-hybridized carbons (Fsp3) is 0.818. The van der Waals surface area contributed by atoms with E-state index in [0.717, 1.165) is 12.8 Å². The summed E-state index contributed by atoms with van der Waals surface area (Å²) in [6.07, 6.45) is 1.35. The van der Waals surface area contributed by atoms with Crippen molar-refractivity contribution in [2.24, 2.45) is 5.73 Å². The number of hydrogen-bond acceptors (Lipinski definition) is 4. The number of aliphatic hydroxyl groups is 1. The molecule has 0 aromatic rings. The number of nitrogens with zero attached hydrogens (tertiary/aromatic N) is 1. The molecule has 0 aromatic carbocycles. The van der Waals surface area contributed by atoms with Crippen LogP contribution in [0.5, 0.6) is 0 Å². The molecule has 2 unspecified atom stereocenters. The Labute approximate surface area is 106 Å². The summed E-state index contributed by atoms with van der Waals surface area (Å²) in [5, 5.41) is 20.9. The van der Waals surface area contributed by atoms with Gasteiger partial charge in [0.25, 0.3) is 0 Å². The Morgan fingerprint density at radius 1 is 1.56 bits per heavy atom. The third-order valence-corrected chi connectivity index (χ3v) is 2.90. The number of carboxylic acids is 1. The molecule has 2 atom stereocenters. The predicted molar refractivity (Wildman–Crippen MR) is 65.1 cm³/mol. The first kappa shape index (κ1) is 14.7. The molecule has 1 fully saturated rings. The smallest absolute Gasteiger partial charge is 0.317 e. The SMILES string of the molecule is CC(O)(CNC(=O)N1CCCC(N)C1)CC(=O)O. The molecule has 18 heavy (non-hydrogen) atoms. The number of piperidine rings is 1. The van der Waals surface area contributed by atoms with Crippen molar-refractivity contribution in [3.8, 4) is 0 Å². The third-order valence-electron chi connectivity index (χ3n) is 2.90. The zero-order valence-electron chi connectivity index (χ0n) is 10.6. The van der Waals surface area contributed by atoms with Gasteiger partial charge in [0, 0.05) is 25.7 Å². The van der Waals surface area contributed by atoms with Gasteiger partial charge >= 0.3 is 12.0 Å². The van der Waals surface area contributed by atoms with Crippen molar-refractivity contribution < 1.29 is 19.8 Å². The van der Waals surface area contributed by atoms with E-state index in [1.165, 1.54) is 6.92 Å². The lowest BCUT2D eigenvalue weighted by molar-refractivity contribution is -0.141. The van der Waals surface area contributed by atoms with Gasteiger partial charge in [0.15, 0.2) is 0 Å². The maximum atomic E-state index is 11.8. The van der Waals surface area contributed by atoms with Crippen LogP contribution in [0.25, 0.3) is 0 Å². The minimum absolute atomic E-state index is 0.0102. The number of carbonyl (C=O) groups is 2. The van der Waals surface area contributed by atoms with E-state index < -0.39 is 18.0 Å². The molecule has 1 rings (SSSR count). The molecule has 1 saturated heterocycles. The van der Waals surface area contributed by atoms with Gasteiger partial charge in [-0.1, -0.05) is 0 Å². The van der Waals surface area contributed by atoms with Crippen molar-refractivity contribution in [3.63, 3.8) is 0 Å². The summed E-state index contributed by atoms with van der Waals surface area (Å²) < 4.78 is 0. The minimum Gasteiger partial charge on any atom is -0.481 e. The highest BCUT2D eigenvalue weighted by atomic mass is 16.4. The highest BCUT2D eigenvalue weighted by Gasteiger charge is 2.27. The Balaban J connectivity index is 2.38. The number of nitrogens with two attached hydrogens (primary N) is 1. The van der Waals surface area contributed by atoms with Crippen molar-refractivity contribution in [1.29, 1.82) is 0 Å². The van der Waals surface area contributed by atoms with Crippen LogP contribution in [0.1, 0.15) is 26.2 Å². The number of nitrogens with one attached hydrogen (secondary N) is 1. The van der Waals surface area contributed by atoms with Gasteiger partial charge in [-0.05, 0) is 19.8 Å². The molecule has 1 aliphatic rings. The van der Waals surface area contributed by atoms with Gasteiger partial charge in [-0.25, -0.2) is 4.79 Å². The summed E-state index contributed by atoms with van der Waals surface area (Å²) in [4.78, 5) is 23.9. The van der Waals surface area contributed by atoms with E-state index in [1.807, 2.05) is 0 Å². The monoisotopic (exact) mass is 259 g/mol. The third kappa shape index (κ3) is 4.89. The second-order valence-corrected chi connectivity index (χ2v) is 5.07. The molecule has 0 radical (unpaired) electrons. The average Bonchev–Trinajstić information content (AvgIpc) is 2.24. The maximum Gasteiger partial charge on any atom is 0.317 e. The number of likely N-dealkylation sites (tertiary alicyclic amines) is 1. The van der Waals surface area contributed by atoms with Crippen molar-refractivity contribution in [2.45, 2.75) is 37.8 Å². The summed E-state index contributed by atoms with van der Waals surface area (Å²) in [5.74, 6) is -1.10. The maximum absolute atomic E-state index is 11.8. The molecular formula is C11H21N3O4. The Morgan fingerprint density at radius 2 is 2.22 bits per heavy atom. The van der Waals surface area contributed by atoms with Crippen molar-refractivity contribution >= 4 is 12.0 Å². The largest absolute Gasteiger partial charge is 0.481 e. The number of urea groups is 1. The second-order valence-electron chi connectivity index (χ2n) is 5.07. The Hall–Kier alpha value is -1.34. The lowest BCUT2D eigenvalue weighted by atomic mass is 10.0. The molecule has 0 saturated carbocycles. The lowest BCUT2D eigenvalue weighted by Crippen LogP contribution is -2.52. The highest BCUT2D eigenvalue weighted by Crippen LogP contribution is 2.10. The zero-order chi connectivity index (χ0) is 13.8. The molecule has 0 spiro atoms. The summed E-state index contributed by atoms with van der Waals surface area (Å²) >= 11 is 0. The van der Waals surface area contributed by atoms with Crippen molar-refractivity contribution in [2.75, 3.05) is 19.6 Å². The van der Waals surface area contributed by atoms with Crippen LogP contribution in [0.3, 0.4) is 0 Å². The van der Waals surface area contributed by atoms with Crippen LogP contribution in [-0.4, -0.2) is 58.4 Å². The quantitative estimate of drug-likeness (QED) is 0.535. The van der Waals surface area contributed by atoms with Gasteiger partial charge in [0.05, 0.1) is 12.0 Å². The second kappa shape index (κ2) is 6.01. The van der Waals surface area contributed by atoms with Gasteiger partial charge < -0.3 is 26.2 Å². The van der Waals surface area contributed by atoms with E-state index in [1.54, 1.807) is 4.90 Å². The van der Waals surface area contributed by atoms with Gasteiger partial charge in [-0.15, -0.1) is 0 Å². The van der Waals surface area contributed by atoms with Crippen LogP contribution < -0.4 is 11.1 Å². The molecule has 0 bridgehead atoms. The van der Waals surface area contributed by atoms with Crippen molar-refractivity contribution in [1.82, 2.24) is 10.2 Å². The zero-order valence-corrected chi connectivity index (χ0v) is 10.6. The number of carboxylic acid groups (broad SMARTS) is 1. The van der Waals surface area contributed by atoms with Gasteiger partial charge in [0.1, 0.15) is 0 Å². The number of aliphatic carboxylic acids is 1. The fourth-order valence-electron chi connectivity index (χ4n) is 1.96. The van der Waals surface area contributed by atoms with Crippen LogP contribution in [-0.2, 0) is 4.79 Å². The molecule has 5 N–H and O–H groups in total. The first-order valence-corrected chi connectivity index (χ1v) is 6.03. The summed E-state index contributed by atoms with van der Waals surface area (Å²) in [7, 11) is 0. The van der Waals surface area contributed by atoms with Gasteiger partial charge in [-0.2, -0.15) is 0 Å². The Kier molecular flexibility index (Phi) is 4.92. The van der Waals surface area contributed by atoms with E-state index >= 15 is 0 Å². The Morgan fingerprint density at radius 3 is 2.78 bits per heavy atom. The highest BCUT2D eigenvalue weighted by molar-refractivity contribution is 5.74. The molecule has 1 heterocycles. The molecule has 7 heteroatoms. The molecule has 2 amide bonds. The predicted octanol–water partition coefficient (Wildman–Crippen LogP) is -0.655. The fourth-order valence-corrected chi connectivity index (χ4v) is 1.96. The number of rotatable bonds is 4. The first-order chi connectivity index (χ1) is 8.30. The van der Waals surface area contributed by atoms with E-state index in [9.17, 15) is 14.7 Å². The number of hydrogen-bond donors (Lipinski definition) is 4. The van der Waals surface area contributed by atoms with Crippen LogP contribution >= 0.6 is 0 Å². The molecule has 7 nitrogen and oxygen atoms in total. The Bertz CT molecular complexity index is 319. The summed E-state index contributed by atoms with van der Waals surface area (Å²) in [5.41, 5.74) is 4.32. The molecule has 0 aromatic heterocycles. The summed E-state index contributed by atoms with van der Waals surface area (Å²) in [6.45, 7) is 2.42. The van der Waals surface area contributed by atoms with Crippen LogP contribution in [0, 0.1) is 0 Å². The van der Waals surface area contributed by atoms with Crippen molar-refractivity contribution in [3.05, 3.63) is 0 Å². The van der Waals surface area contributed by atoms with E-state index in [2.05, 4.69) is 5.32 Å². The minimum atomic E-state index is -1.45. The van der Waals surface area contributed by atoms with E-state index in [-0.39, 0.29) is 18.6 Å². The van der Waals surface area contributed by atoms with Crippen LogP contribution in [0.2, 0.25) is 0 Å². The number of carbonyl (C=O) groups excluding carboxylic acids is 1. The normalized spacial score (nSPS) is 23.3.